The van der Waals surface area contributed by atoms with Crippen molar-refractivity contribution in [3.8, 4) is 0 Å². The van der Waals surface area contributed by atoms with Crippen molar-refractivity contribution in [2.45, 2.75) is 74.4 Å². The van der Waals surface area contributed by atoms with Gasteiger partial charge >= 0.3 is 6.09 Å². The lowest BCUT2D eigenvalue weighted by Crippen LogP contribution is -2.50. The van der Waals surface area contributed by atoms with E-state index in [0.717, 1.165) is 32.4 Å². The zero-order valence-corrected chi connectivity index (χ0v) is 23.8. The molecule has 0 radical (unpaired) electrons. The summed E-state index contributed by atoms with van der Waals surface area (Å²) in [7, 11) is -3.99. The number of hydrogen-bond acceptors (Lipinski definition) is 5. The van der Waals surface area contributed by atoms with E-state index in [-0.39, 0.29) is 11.5 Å². The normalized spacial score (nSPS) is 24.0. The van der Waals surface area contributed by atoms with E-state index in [1.165, 1.54) is 60.0 Å². The molecule has 0 aromatic heterocycles. The van der Waals surface area contributed by atoms with Crippen molar-refractivity contribution in [1.82, 2.24) is 14.1 Å². The average Bonchev–Trinajstić information content (AvgIpc) is 2.96. The van der Waals surface area contributed by atoms with Gasteiger partial charge in [0.15, 0.2) is 0 Å². The van der Waals surface area contributed by atoms with Crippen LogP contribution in [0.25, 0.3) is 0 Å². The molecule has 2 aromatic carbocycles. The van der Waals surface area contributed by atoms with Gasteiger partial charge in [0.2, 0.25) is 10.0 Å². The summed E-state index contributed by atoms with van der Waals surface area (Å²) in [5.41, 5.74) is 0.586. The number of carbonyl (C=O) groups excluding carboxylic acids is 1. The van der Waals surface area contributed by atoms with Crippen LogP contribution in [0.2, 0.25) is 5.02 Å². The molecule has 1 amide bonds. The largest absolute Gasteiger partial charge is 0.448 e. The van der Waals surface area contributed by atoms with Crippen LogP contribution >= 0.6 is 11.6 Å². The van der Waals surface area contributed by atoms with Gasteiger partial charge in [-0.25, -0.2) is 17.6 Å². The van der Waals surface area contributed by atoms with Crippen molar-refractivity contribution < 1.29 is 22.3 Å². The minimum atomic E-state index is -3.99. The van der Waals surface area contributed by atoms with E-state index in [2.05, 4.69) is 4.90 Å². The highest BCUT2D eigenvalue weighted by Gasteiger charge is 2.41. The molecule has 0 bridgehead atoms. The first-order valence-electron chi connectivity index (χ1n) is 14.0. The maximum atomic E-state index is 14.2. The van der Waals surface area contributed by atoms with Crippen LogP contribution in [0.15, 0.2) is 53.4 Å². The molecule has 0 N–H and O–H groups in total. The second-order valence-electron chi connectivity index (χ2n) is 10.8. The number of benzene rings is 2. The number of amides is 1. The van der Waals surface area contributed by atoms with Crippen LogP contribution in [0.5, 0.6) is 0 Å². The summed E-state index contributed by atoms with van der Waals surface area (Å²) in [6.45, 7) is 3.51. The Morgan fingerprint density at radius 1 is 0.923 bits per heavy atom. The van der Waals surface area contributed by atoms with Gasteiger partial charge < -0.3 is 14.5 Å². The van der Waals surface area contributed by atoms with Gasteiger partial charge in [-0.3, -0.25) is 0 Å². The summed E-state index contributed by atoms with van der Waals surface area (Å²) < 4.78 is 49.2. The van der Waals surface area contributed by atoms with Crippen LogP contribution in [-0.2, 0) is 14.8 Å². The lowest BCUT2D eigenvalue weighted by molar-refractivity contribution is 0.0449. The molecule has 212 valence electrons. The monoisotopic (exact) mass is 577 g/mol. The Bertz CT molecular complexity index is 1230. The quantitative estimate of drug-likeness (QED) is 0.431. The number of piperidine rings is 3. The number of likely N-dealkylation sites (tertiary alicyclic amines) is 2. The highest BCUT2D eigenvalue weighted by molar-refractivity contribution is 7.89. The van der Waals surface area contributed by atoms with Crippen LogP contribution in [0.4, 0.5) is 9.18 Å². The Balaban J connectivity index is 1.30. The zero-order valence-electron chi connectivity index (χ0n) is 22.2. The molecule has 0 spiro atoms. The van der Waals surface area contributed by atoms with E-state index in [9.17, 15) is 17.6 Å². The van der Waals surface area contributed by atoms with Gasteiger partial charge in [0.25, 0.3) is 0 Å². The van der Waals surface area contributed by atoms with Crippen molar-refractivity contribution in [3.05, 3.63) is 64.9 Å². The van der Waals surface area contributed by atoms with Crippen molar-refractivity contribution in [2.24, 2.45) is 0 Å². The molecule has 3 fully saturated rings. The van der Waals surface area contributed by atoms with Crippen LogP contribution in [-0.4, -0.2) is 73.5 Å². The molecule has 2 unspecified atom stereocenters. The number of hydrogen-bond donors (Lipinski definition) is 0. The number of ether oxygens (including phenoxy) is 1. The predicted molar refractivity (Wildman–Crippen MR) is 149 cm³/mol. The topological polar surface area (TPSA) is 70.2 Å². The Labute approximate surface area is 235 Å². The Morgan fingerprint density at radius 2 is 1.64 bits per heavy atom. The fourth-order valence-corrected chi connectivity index (χ4v) is 8.26. The number of carbonyl (C=O) groups is 1. The molecule has 2 aromatic rings. The summed E-state index contributed by atoms with van der Waals surface area (Å²) >= 11 is 6.01. The predicted octanol–water partition coefficient (Wildman–Crippen LogP) is 5.85. The maximum Gasteiger partial charge on any atom is 0.409 e. The third-order valence-corrected chi connectivity index (χ3v) is 10.6. The molecule has 3 heterocycles. The molecule has 5 rings (SSSR count). The van der Waals surface area contributed by atoms with Gasteiger partial charge in [0.05, 0.1) is 17.0 Å². The molecule has 3 saturated heterocycles. The molecule has 2 atom stereocenters. The fraction of sp³-hybridized carbons (Fsp3) is 0.552. The average molecular weight is 578 g/mol. The third kappa shape index (κ3) is 6.59. The van der Waals surface area contributed by atoms with Crippen LogP contribution in [0.3, 0.4) is 0 Å². The van der Waals surface area contributed by atoms with Crippen molar-refractivity contribution >= 4 is 27.7 Å². The SMILES string of the molecule is O=C(OCC1CCCC(c2cccc(F)c2)N1S(=O)(=O)c1ccc(Cl)cc1)N1CCC(N2CCCCC2)CC1. The molecule has 10 heteroatoms. The minimum Gasteiger partial charge on any atom is -0.448 e. The number of nitrogens with zero attached hydrogens (tertiary/aromatic N) is 3. The Morgan fingerprint density at radius 3 is 2.33 bits per heavy atom. The van der Waals surface area contributed by atoms with E-state index < -0.39 is 34.0 Å². The summed E-state index contributed by atoms with van der Waals surface area (Å²) in [5.74, 6) is -0.419. The van der Waals surface area contributed by atoms with Gasteiger partial charge in [-0.15, -0.1) is 0 Å². The fourth-order valence-electron chi connectivity index (χ4n) is 6.29. The minimum absolute atomic E-state index is 0.0521. The van der Waals surface area contributed by atoms with Gasteiger partial charge in [-0.05, 0) is 100.0 Å². The van der Waals surface area contributed by atoms with Crippen LogP contribution in [0.1, 0.15) is 63.0 Å². The molecule has 39 heavy (non-hydrogen) atoms. The van der Waals surface area contributed by atoms with Crippen LogP contribution < -0.4 is 0 Å². The Kier molecular flexibility index (Phi) is 9.11. The van der Waals surface area contributed by atoms with Gasteiger partial charge in [-0.1, -0.05) is 30.2 Å². The summed E-state index contributed by atoms with van der Waals surface area (Å²) in [6, 6.07) is 11.5. The lowest BCUT2D eigenvalue weighted by Gasteiger charge is -2.42. The maximum absolute atomic E-state index is 14.2. The van der Waals surface area contributed by atoms with Gasteiger partial charge in [0, 0.05) is 24.2 Å². The second-order valence-corrected chi connectivity index (χ2v) is 13.1. The molecular weight excluding hydrogens is 541 g/mol. The molecule has 3 aliphatic rings. The van der Waals surface area contributed by atoms with Gasteiger partial charge in [0.1, 0.15) is 12.4 Å². The van der Waals surface area contributed by atoms with Crippen molar-refractivity contribution in [2.75, 3.05) is 32.8 Å². The molecule has 3 aliphatic heterocycles. The molecule has 7 nitrogen and oxygen atoms in total. The van der Waals surface area contributed by atoms with Crippen molar-refractivity contribution in [3.63, 3.8) is 0 Å². The summed E-state index contributed by atoms with van der Waals surface area (Å²) in [5, 5.41) is 0.434. The highest BCUT2D eigenvalue weighted by Crippen LogP contribution is 2.39. The van der Waals surface area contributed by atoms with Crippen molar-refractivity contribution in [1.29, 1.82) is 0 Å². The zero-order chi connectivity index (χ0) is 27.4. The molecular formula is C29H37ClFN3O4S. The van der Waals surface area contributed by atoms with E-state index in [0.29, 0.717) is 42.6 Å². The van der Waals surface area contributed by atoms with Gasteiger partial charge in [-0.2, -0.15) is 4.31 Å². The summed E-state index contributed by atoms with van der Waals surface area (Å²) in [4.78, 5) is 17.4. The van der Waals surface area contributed by atoms with E-state index >= 15 is 0 Å². The standard InChI is InChI=1S/C29H37ClFN3O4S/c30-23-10-12-27(13-11-23)39(36,37)34-26(8-5-9-28(34)22-6-4-7-24(31)20-22)21-38-29(35)33-18-14-25(15-19-33)32-16-2-1-3-17-32/h4,6-7,10-13,20,25-26,28H,1-3,5,8-9,14-19,21H2. The van der Waals surface area contributed by atoms with Crippen LogP contribution in [0, 0.1) is 5.82 Å². The first-order valence-corrected chi connectivity index (χ1v) is 15.8. The first-order chi connectivity index (χ1) is 18.8. The smallest absolute Gasteiger partial charge is 0.409 e. The number of rotatable bonds is 6. The Hall–Kier alpha value is -2.20. The highest BCUT2D eigenvalue weighted by atomic mass is 35.5. The third-order valence-electron chi connectivity index (χ3n) is 8.33. The molecule has 0 aliphatic carbocycles. The summed E-state index contributed by atoms with van der Waals surface area (Å²) in [6.07, 6.45) is 7.07. The second kappa shape index (κ2) is 12.5. The number of sulfonamides is 1. The first kappa shape index (κ1) is 28.3. The lowest BCUT2D eigenvalue weighted by atomic mass is 9.93. The van der Waals surface area contributed by atoms with E-state index in [1.807, 2.05) is 0 Å². The number of halogens is 2. The van der Waals surface area contributed by atoms with E-state index in [4.69, 9.17) is 16.3 Å². The van der Waals surface area contributed by atoms with E-state index in [1.54, 1.807) is 17.0 Å². The molecule has 0 saturated carbocycles.